The van der Waals surface area contributed by atoms with Gasteiger partial charge in [0.05, 0.1) is 0 Å². The van der Waals surface area contributed by atoms with Gasteiger partial charge in [0, 0.05) is 22.3 Å². The topological polar surface area (TPSA) is 43.1 Å². The molecule has 0 heterocycles. The molecule has 0 rings (SSSR count). The maximum absolute atomic E-state index is 11.3. The molecule has 0 aromatic heterocycles. The van der Waals surface area contributed by atoms with Crippen LogP contribution in [-0.2, 0) is 10.8 Å². The maximum Gasteiger partial charge on any atom is 0.0237 e. The minimum absolute atomic E-state index is 0.598. The van der Waals surface area contributed by atoms with E-state index in [4.69, 9.17) is 5.73 Å². The van der Waals surface area contributed by atoms with Crippen LogP contribution in [0.5, 0.6) is 0 Å². The summed E-state index contributed by atoms with van der Waals surface area (Å²) in [6, 6.07) is 0. The summed E-state index contributed by atoms with van der Waals surface area (Å²) in [5, 5.41) is 0. The van der Waals surface area contributed by atoms with Gasteiger partial charge in [-0.3, -0.25) is 4.21 Å². The summed E-state index contributed by atoms with van der Waals surface area (Å²) in [7, 11) is -0.598. The van der Waals surface area contributed by atoms with Gasteiger partial charge in [0.15, 0.2) is 0 Å². The quantitative estimate of drug-likeness (QED) is 0.620. The van der Waals surface area contributed by atoms with Crippen molar-refractivity contribution < 1.29 is 4.21 Å². The molecule has 0 fully saturated rings. The molecule has 0 saturated heterocycles. The summed E-state index contributed by atoms with van der Waals surface area (Å²) in [6.45, 7) is 5.05. The third-order valence-corrected chi connectivity index (χ3v) is 3.18. The van der Waals surface area contributed by atoms with Crippen LogP contribution in [0.4, 0.5) is 0 Å². The number of unbranched alkanes of at least 4 members (excludes halogenated alkanes) is 1. The van der Waals surface area contributed by atoms with Crippen molar-refractivity contribution in [3.63, 3.8) is 0 Å². The number of hydrogen-bond donors (Lipinski definition) is 1. The Balaban J connectivity index is 3.22. The van der Waals surface area contributed by atoms with Gasteiger partial charge >= 0.3 is 0 Å². The van der Waals surface area contributed by atoms with Gasteiger partial charge < -0.3 is 5.73 Å². The first-order valence-corrected chi connectivity index (χ1v) is 6.20. The highest BCUT2D eigenvalue weighted by molar-refractivity contribution is 7.84. The van der Waals surface area contributed by atoms with Crippen LogP contribution in [0, 0.1) is 5.92 Å². The number of hydrogen-bond acceptors (Lipinski definition) is 2. The maximum atomic E-state index is 11.3. The van der Waals surface area contributed by atoms with Crippen LogP contribution in [0.15, 0.2) is 0 Å². The zero-order chi connectivity index (χ0) is 9.40. The van der Waals surface area contributed by atoms with Gasteiger partial charge in [0.25, 0.3) is 0 Å². The molecule has 1 atom stereocenters. The van der Waals surface area contributed by atoms with Gasteiger partial charge in [-0.2, -0.15) is 0 Å². The average Bonchev–Trinajstić information content (AvgIpc) is 2.01. The lowest BCUT2D eigenvalue weighted by atomic mass is 10.2. The monoisotopic (exact) mass is 191 g/mol. The van der Waals surface area contributed by atoms with Gasteiger partial charge in [-0.1, -0.05) is 13.8 Å². The summed E-state index contributed by atoms with van der Waals surface area (Å²) in [6.07, 6.45) is 3.10. The first-order valence-electron chi connectivity index (χ1n) is 4.72. The van der Waals surface area contributed by atoms with E-state index >= 15 is 0 Å². The van der Waals surface area contributed by atoms with Crippen LogP contribution in [0.3, 0.4) is 0 Å². The Labute approximate surface area is 78.4 Å². The van der Waals surface area contributed by atoms with Crippen molar-refractivity contribution in [2.45, 2.75) is 33.1 Å². The molecule has 0 aromatic rings. The van der Waals surface area contributed by atoms with Crippen LogP contribution >= 0.6 is 0 Å². The SMILES string of the molecule is CC(C)CCS(=O)CCCCN. The lowest BCUT2D eigenvalue weighted by Gasteiger charge is -2.03. The average molecular weight is 191 g/mol. The minimum Gasteiger partial charge on any atom is -0.330 e. The molecule has 0 aliphatic rings. The van der Waals surface area contributed by atoms with E-state index in [0.717, 1.165) is 37.3 Å². The van der Waals surface area contributed by atoms with Crippen molar-refractivity contribution in [2.75, 3.05) is 18.1 Å². The molecule has 74 valence electrons. The molecular formula is C9H21NOS. The molecule has 0 amide bonds. The highest BCUT2D eigenvalue weighted by Crippen LogP contribution is 2.02. The number of nitrogens with two attached hydrogens (primary N) is 1. The molecule has 3 heteroatoms. The van der Waals surface area contributed by atoms with Gasteiger partial charge in [0.2, 0.25) is 0 Å². The fourth-order valence-corrected chi connectivity index (χ4v) is 2.34. The van der Waals surface area contributed by atoms with Crippen LogP contribution < -0.4 is 5.73 Å². The van der Waals surface area contributed by atoms with E-state index in [1.54, 1.807) is 0 Å². The third-order valence-electron chi connectivity index (χ3n) is 1.75. The Kier molecular flexibility index (Phi) is 7.81. The third kappa shape index (κ3) is 8.21. The second-order valence-corrected chi connectivity index (χ2v) is 5.22. The van der Waals surface area contributed by atoms with Crippen LogP contribution in [0.25, 0.3) is 0 Å². The van der Waals surface area contributed by atoms with E-state index in [1.807, 2.05) is 0 Å². The first kappa shape index (κ1) is 12.1. The second-order valence-electron chi connectivity index (χ2n) is 3.53. The van der Waals surface area contributed by atoms with Gasteiger partial charge in [0.1, 0.15) is 0 Å². The molecule has 0 saturated carbocycles. The minimum atomic E-state index is -0.598. The van der Waals surface area contributed by atoms with Crippen molar-refractivity contribution in [3.05, 3.63) is 0 Å². The Hall–Kier alpha value is 0.110. The molecule has 0 aliphatic heterocycles. The normalized spacial score (nSPS) is 13.7. The number of rotatable bonds is 7. The molecule has 1 unspecified atom stereocenters. The van der Waals surface area contributed by atoms with E-state index in [0.29, 0.717) is 5.92 Å². The fourth-order valence-electron chi connectivity index (χ4n) is 0.877. The van der Waals surface area contributed by atoms with E-state index < -0.39 is 10.8 Å². The van der Waals surface area contributed by atoms with Crippen molar-refractivity contribution in [3.8, 4) is 0 Å². The lowest BCUT2D eigenvalue weighted by molar-refractivity contribution is 0.618. The van der Waals surface area contributed by atoms with Crippen molar-refractivity contribution in [1.29, 1.82) is 0 Å². The highest BCUT2D eigenvalue weighted by atomic mass is 32.2. The molecule has 0 aliphatic carbocycles. The first-order chi connectivity index (χ1) is 5.66. The van der Waals surface area contributed by atoms with E-state index in [-0.39, 0.29) is 0 Å². The summed E-state index contributed by atoms with van der Waals surface area (Å²) < 4.78 is 11.3. The second kappa shape index (κ2) is 7.74. The molecule has 0 aromatic carbocycles. The van der Waals surface area contributed by atoms with Gasteiger partial charge in [-0.25, -0.2) is 0 Å². The summed E-state index contributed by atoms with van der Waals surface area (Å²) in [4.78, 5) is 0. The standard InChI is InChI=1S/C9H21NOS/c1-9(2)5-8-12(11)7-4-3-6-10/h9H,3-8,10H2,1-2H3. The molecule has 0 radical (unpaired) electrons. The van der Waals surface area contributed by atoms with Crippen LogP contribution in [0.1, 0.15) is 33.1 Å². The zero-order valence-corrected chi connectivity index (χ0v) is 9.03. The van der Waals surface area contributed by atoms with E-state index in [2.05, 4.69) is 13.8 Å². The smallest absolute Gasteiger partial charge is 0.0237 e. The molecule has 12 heavy (non-hydrogen) atoms. The fraction of sp³-hybridized carbons (Fsp3) is 1.00. The van der Waals surface area contributed by atoms with Crippen molar-refractivity contribution in [2.24, 2.45) is 11.7 Å². The van der Waals surface area contributed by atoms with E-state index in [1.165, 1.54) is 0 Å². The summed E-state index contributed by atoms with van der Waals surface area (Å²) in [5.74, 6) is 2.37. The van der Waals surface area contributed by atoms with Crippen LogP contribution in [0.2, 0.25) is 0 Å². The Morgan fingerprint density at radius 1 is 1.25 bits per heavy atom. The Morgan fingerprint density at radius 3 is 2.42 bits per heavy atom. The molecule has 2 nitrogen and oxygen atoms in total. The van der Waals surface area contributed by atoms with Gasteiger partial charge in [-0.05, 0) is 31.7 Å². The Bertz CT molecular complexity index is 126. The molecule has 0 bridgehead atoms. The molecule has 0 spiro atoms. The lowest BCUT2D eigenvalue weighted by Crippen LogP contribution is -2.07. The summed E-state index contributed by atoms with van der Waals surface area (Å²) in [5.41, 5.74) is 5.34. The predicted octanol–water partition coefficient (Wildman–Crippen LogP) is 1.52. The highest BCUT2D eigenvalue weighted by Gasteiger charge is 2.00. The molecular weight excluding hydrogens is 170 g/mol. The van der Waals surface area contributed by atoms with Crippen LogP contribution in [-0.4, -0.2) is 22.3 Å². The zero-order valence-electron chi connectivity index (χ0n) is 8.21. The van der Waals surface area contributed by atoms with Gasteiger partial charge in [-0.15, -0.1) is 0 Å². The van der Waals surface area contributed by atoms with Crippen molar-refractivity contribution in [1.82, 2.24) is 0 Å². The largest absolute Gasteiger partial charge is 0.330 e. The predicted molar refractivity (Wildman–Crippen MR) is 55.6 cm³/mol. The van der Waals surface area contributed by atoms with Crippen molar-refractivity contribution >= 4 is 10.8 Å². The van der Waals surface area contributed by atoms with E-state index in [9.17, 15) is 4.21 Å². The Morgan fingerprint density at radius 2 is 1.92 bits per heavy atom. The molecule has 2 N–H and O–H groups in total. The summed E-state index contributed by atoms with van der Waals surface area (Å²) >= 11 is 0.